The Bertz CT molecular complexity index is 367. The number of rotatable bonds is 3. The minimum atomic E-state index is 0.748. The van der Waals surface area contributed by atoms with Crippen molar-refractivity contribution in [3.05, 3.63) is 28.5 Å². The molecule has 3 heteroatoms. The molecule has 0 aromatic carbocycles. The topological polar surface area (TPSA) is 16.1 Å². The van der Waals surface area contributed by atoms with Gasteiger partial charge in [-0.2, -0.15) is 0 Å². The third-order valence-electron chi connectivity index (χ3n) is 3.73. The second kappa shape index (κ2) is 5.96. The predicted molar refractivity (Wildman–Crippen MR) is 74.8 cm³/mol. The molecule has 2 unspecified atom stereocenters. The zero-order valence-electron chi connectivity index (χ0n) is 10.7. The molecule has 0 saturated heterocycles. The molecule has 17 heavy (non-hydrogen) atoms. The lowest BCUT2D eigenvalue weighted by molar-refractivity contribution is 0.157. The van der Waals surface area contributed by atoms with Gasteiger partial charge in [0.2, 0.25) is 0 Å². The quantitative estimate of drug-likeness (QED) is 0.842. The van der Waals surface area contributed by atoms with E-state index in [2.05, 4.69) is 45.9 Å². The molecular formula is C14H21BrN2. The van der Waals surface area contributed by atoms with Gasteiger partial charge in [-0.1, -0.05) is 19.8 Å². The minimum absolute atomic E-state index is 0.748. The van der Waals surface area contributed by atoms with Gasteiger partial charge in [0.25, 0.3) is 0 Å². The summed E-state index contributed by atoms with van der Waals surface area (Å²) >= 11 is 3.48. The Morgan fingerprint density at radius 2 is 2.24 bits per heavy atom. The van der Waals surface area contributed by atoms with Crippen LogP contribution < -0.4 is 0 Å². The van der Waals surface area contributed by atoms with Gasteiger partial charge >= 0.3 is 0 Å². The van der Waals surface area contributed by atoms with Crippen LogP contribution in [0.2, 0.25) is 0 Å². The second-order valence-electron chi connectivity index (χ2n) is 5.35. The molecule has 1 fully saturated rings. The first-order valence-corrected chi connectivity index (χ1v) is 7.24. The summed E-state index contributed by atoms with van der Waals surface area (Å²) in [7, 11) is 2.24. The third kappa shape index (κ3) is 3.78. The van der Waals surface area contributed by atoms with Gasteiger partial charge in [0.15, 0.2) is 0 Å². The summed E-state index contributed by atoms with van der Waals surface area (Å²) in [4.78, 5) is 6.71. The van der Waals surface area contributed by atoms with Gasteiger partial charge in [0, 0.05) is 29.5 Å². The van der Waals surface area contributed by atoms with E-state index in [1.165, 1.54) is 31.2 Å². The summed E-state index contributed by atoms with van der Waals surface area (Å²) in [5, 5.41) is 0. The summed E-state index contributed by atoms with van der Waals surface area (Å²) < 4.78 is 1.07. The number of hydrogen-bond acceptors (Lipinski definition) is 2. The number of pyridine rings is 1. The van der Waals surface area contributed by atoms with Crippen molar-refractivity contribution in [2.45, 2.75) is 45.2 Å². The molecule has 0 bridgehead atoms. The molecule has 2 nitrogen and oxygen atoms in total. The van der Waals surface area contributed by atoms with Crippen LogP contribution in [0, 0.1) is 5.92 Å². The van der Waals surface area contributed by atoms with Crippen LogP contribution in [0.3, 0.4) is 0 Å². The Hall–Kier alpha value is -0.410. The zero-order chi connectivity index (χ0) is 12.3. The van der Waals surface area contributed by atoms with Crippen molar-refractivity contribution < 1.29 is 0 Å². The van der Waals surface area contributed by atoms with E-state index >= 15 is 0 Å². The van der Waals surface area contributed by atoms with Gasteiger partial charge in [0.05, 0.1) is 0 Å². The van der Waals surface area contributed by atoms with Gasteiger partial charge in [-0.3, -0.25) is 9.88 Å². The summed E-state index contributed by atoms with van der Waals surface area (Å²) in [6.07, 6.45) is 9.29. The maximum Gasteiger partial charge on any atom is 0.0410 e. The van der Waals surface area contributed by atoms with Gasteiger partial charge in [-0.15, -0.1) is 0 Å². The molecule has 94 valence electrons. The van der Waals surface area contributed by atoms with E-state index in [1.54, 1.807) is 0 Å². The van der Waals surface area contributed by atoms with E-state index in [0.717, 1.165) is 23.0 Å². The lowest BCUT2D eigenvalue weighted by atomic mass is 9.86. The first-order chi connectivity index (χ1) is 8.15. The Morgan fingerprint density at radius 3 is 2.94 bits per heavy atom. The standard InChI is InChI=1S/C14H21BrN2/c1-11-4-3-5-14(6-11)17(2)10-12-7-13(15)9-16-8-12/h7-9,11,14H,3-6,10H2,1-2H3. The predicted octanol–water partition coefficient (Wildman–Crippen LogP) is 3.85. The molecule has 2 atom stereocenters. The highest BCUT2D eigenvalue weighted by Crippen LogP contribution is 2.27. The fraction of sp³-hybridized carbons (Fsp3) is 0.643. The lowest BCUT2D eigenvalue weighted by Gasteiger charge is -2.34. The normalized spacial score (nSPS) is 25.2. The van der Waals surface area contributed by atoms with Crippen molar-refractivity contribution in [3.63, 3.8) is 0 Å². The van der Waals surface area contributed by atoms with E-state index in [-0.39, 0.29) is 0 Å². The SMILES string of the molecule is CC1CCCC(N(C)Cc2cncc(Br)c2)C1. The molecule has 1 aromatic rings. The van der Waals surface area contributed by atoms with Crippen molar-refractivity contribution in [3.8, 4) is 0 Å². The molecular weight excluding hydrogens is 276 g/mol. The van der Waals surface area contributed by atoms with Crippen LogP contribution in [-0.4, -0.2) is 23.0 Å². The van der Waals surface area contributed by atoms with Crippen molar-refractivity contribution in [1.29, 1.82) is 0 Å². The van der Waals surface area contributed by atoms with Crippen LogP contribution >= 0.6 is 15.9 Å². The molecule has 0 amide bonds. The Labute approximate surface area is 113 Å². The first-order valence-electron chi connectivity index (χ1n) is 6.45. The Balaban J connectivity index is 1.94. The maximum atomic E-state index is 4.22. The molecule has 2 rings (SSSR count). The van der Waals surface area contributed by atoms with Crippen LogP contribution in [0.1, 0.15) is 38.2 Å². The molecule has 1 aliphatic carbocycles. The number of aromatic nitrogens is 1. The second-order valence-corrected chi connectivity index (χ2v) is 6.27. The van der Waals surface area contributed by atoms with Crippen molar-refractivity contribution in [1.82, 2.24) is 9.88 Å². The smallest absolute Gasteiger partial charge is 0.0410 e. The largest absolute Gasteiger partial charge is 0.299 e. The first kappa shape index (κ1) is 13.0. The van der Waals surface area contributed by atoms with Crippen LogP contribution in [-0.2, 0) is 6.54 Å². The van der Waals surface area contributed by atoms with Gasteiger partial charge in [0.1, 0.15) is 0 Å². The monoisotopic (exact) mass is 296 g/mol. The van der Waals surface area contributed by atoms with Gasteiger partial charge in [-0.05, 0) is 53.4 Å². The van der Waals surface area contributed by atoms with Crippen molar-refractivity contribution in [2.24, 2.45) is 5.92 Å². The Kier molecular flexibility index (Phi) is 4.57. The highest BCUT2D eigenvalue weighted by Gasteiger charge is 2.22. The molecule has 1 aromatic heterocycles. The lowest BCUT2D eigenvalue weighted by Crippen LogP contribution is -2.35. The molecule has 1 aliphatic rings. The van der Waals surface area contributed by atoms with E-state index in [9.17, 15) is 0 Å². The van der Waals surface area contributed by atoms with E-state index in [4.69, 9.17) is 0 Å². The number of hydrogen-bond donors (Lipinski definition) is 0. The van der Waals surface area contributed by atoms with E-state index < -0.39 is 0 Å². The highest BCUT2D eigenvalue weighted by molar-refractivity contribution is 9.10. The molecule has 1 heterocycles. The molecule has 0 aliphatic heterocycles. The molecule has 1 saturated carbocycles. The van der Waals surface area contributed by atoms with Crippen molar-refractivity contribution in [2.75, 3.05) is 7.05 Å². The van der Waals surface area contributed by atoms with Crippen LogP contribution in [0.5, 0.6) is 0 Å². The van der Waals surface area contributed by atoms with Gasteiger partial charge < -0.3 is 0 Å². The number of nitrogens with zero attached hydrogens (tertiary/aromatic N) is 2. The van der Waals surface area contributed by atoms with Crippen molar-refractivity contribution >= 4 is 15.9 Å². The van der Waals surface area contributed by atoms with E-state index in [1.807, 2.05) is 12.4 Å². The average Bonchev–Trinajstić information content (AvgIpc) is 2.29. The van der Waals surface area contributed by atoms with Crippen LogP contribution in [0.15, 0.2) is 22.9 Å². The number of halogens is 1. The average molecular weight is 297 g/mol. The summed E-state index contributed by atoms with van der Waals surface area (Å²) in [5.74, 6) is 0.886. The van der Waals surface area contributed by atoms with E-state index in [0.29, 0.717) is 0 Å². The highest BCUT2D eigenvalue weighted by atomic mass is 79.9. The fourth-order valence-electron chi connectivity index (χ4n) is 2.76. The summed E-state index contributed by atoms with van der Waals surface area (Å²) in [6, 6.07) is 2.91. The molecule has 0 N–H and O–H groups in total. The third-order valence-corrected chi connectivity index (χ3v) is 4.16. The molecule has 0 spiro atoms. The molecule has 0 radical (unpaired) electrons. The van der Waals surface area contributed by atoms with Gasteiger partial charge in [-0.25, -0.2) is 0 Å². The van der Waals surface area contributed by atoms with Crippen LogP contribution in [0.25, 0.3) is 0 Å². The Morgan fingerprint density at radius 1 is 1.41 bits per heavy atom. The summed E-state index contributed by atoms with van der Waals surface area (Å²) in [6.45, 7) is 3.38. The maximum absolute atomic E-state index is 4.22. The zero-order valence-corrected chi connectivity index (χ0v) is 12.3. The van der Waals surface area contributed by atoms with Crippen LogP contribution in [0.4, 0.5) is 0 Å². The minimum Gasteiger partial charge on any atom is -0.299 e. The fourth-order valence-corrected chi connectivity index (χ4v) is 3.17. The summed E-state index contributed by atoms with van der Waals surface area (Å²) in [5.41, 5.74) is 1.29.